The second-order valence-corrected chi connectivity index (χ2v) is 23.9. The summed E-state index contributed by atoms with van der Waals surface area (Å²) in [5.41, 5.74) is 12.1. The van der Waals surface area contributed by atoms with Crippen LogP contribution in [0, 0.1) is 0 Å². The normalized spacial score (nSPS) is 19.6. The summed E-state index contributed by atoms with van der Waals surface area (Å²) in [4.78, 5) is 0. The third-order valence-electron chi connectivity index (χ3n) is 14.3. The molecule has 2 fully saturated rings. The highest BCUT2D eigenvalue weighted by Crippen LogP contribution is 2.65. The molecule has 5 aromatic rings. The fraction of sp³-hybridized carbons (Fsp3) is 0.508. The Morgan fingerprint density at radius 2 is 0.576 bits per heavy atom. The van der Waals surface area contributed by atoms with Crippen LogP contribution < -0.4 is 5.30 Å². The minimum absolute atomic E-state index is 0.277. The number of hydrogen-bond acceptors (Lipinski definition) is 4. The molecular formula is C61H81O4P. The van der Waals surface area contributed by atoms with Gasteiger partial charge in [0.15, 0.2) is 17.0 Å². The van der Waals surface area contributed by atoms with Gasteiger partial charge in [-0.25, -0.2) is 0 Å². The summed E-state index contributed by atoms with van der Waals surface area (Å²) in [6.07, 6.45) is -1.35. The Bertz CT molecular complexity index is 2090. The van der Waals surface area contributed by atoms with Gasteiger partial charge < -0.3 is 18.5 Å². The number of benzene rings is 5. The number of ether oxygens (including phenoxy) is 2. The zero-order chi connectivity index (χ0) is 48.2. The molecule has 0 saturated carbocycles. The fourth-order valence-corrected chi connectivity index (χ4v) is 11.6. The average molecular weight is 909 g/mol. The van der Waals surface area contributed by atoms with E-state index in [1.54, 1.807) is 0 Å². The van der Waals surface area contributed by atoms with Crippen LogP contribution in [0.3, 0.4) is 0 Å². The van der Waals surface area contributed by atoms with Crippen LogP contribution in [0.5, 0.6) is 0 Å². The lowest BCUT2D eigenvalue weighted by atomic mass is 9.69. The molecule has 2 saturated heterocycles. The molecule has 2 heterocycles. The predicted molar refractivity (Wildman–Crippen MR) is 279 cm³/mol. The van der Waals surface area contributed by atoms with Crippen LogP contribution in [0.1, 0.15) is 239 Å². The van der Waals surface area contributed by atoms with Crippen LogP contribution in [0.25, 0.3) is 0 Å². The van der Waals surface area contributed by atoms with Crippen LogP contribution >= 0.6 is 8.38 Å². The van der Waals surface area contributed by atoms with Gasteiger partial charge in [0.25, 0.3) is 0 Å². The molecule has 2 aliphatic heterocycles. The lowest BCUT2D eigenvalue weighted by Crippen LogP contribution is -2.54. The van der Waals surface area contributed by atoms with E-state index >= 15 is 0 Å². The van der Waals surface area contributed by atoms with Crippen LogP contribution in [0.2, 0.25) is 0 Å². The molecule has 0 amide bonds. The smallest absolute Gasteiger partial charge is 0.207 e. The molecule has 0 N–H and O–H groups in total. The Hall–Kier alpha value is -3.63. The summed E-state index contributed by atoms with van der Waals surface area (Å²) in [7, 11) is -1.88. The molecule has 2 atom stereocenters. The summed E-state index contributed by atoms with van der Waals surface area (Å²) in [6, 6.07) is 39.6. The van der Waals surface area contributed by atoms with Gasteiger partial charge in [0, 0.05) is 5.30 Å². The molecule has 4 nitrogen and oxygen atoms in total. The van der Waals surface area contributed by atoms with Crippen molar-refractivity contribution >= 4 is 13.7 Å². The Morgan fingerprint density at radius 3 is 0.788 bits per heavy atom. The average Bonchev–Trinajstić information content (AvgIpc) is 3.55. The van der Waals surface area contributed by atoms with Crippen molar-refractivity contribution in [1.29, 1.82) is 0 Å². The van der Waals surface area contributed by atoms with E-state index in [0.717, 1.165) is 27.6 Å². The Balaban J connectivity index is 1.76. The maximum atomic E-state index is 8.35. The molecule has 5 heteroatoms. The van der Waals surface area contributed by atoms with E-state index in [4.69, 9.17) is 18.5 Å². The third-order valence-corrected chi connectivity index (χ3v) is 15.9. The number of rotatable bonds is 13. The first-order valence-corrected chi connectivity index (χ1v) is 26.4. The maximum Gasteiger partial charge on any atom is 0.207 e. The fourth-order valence-electron chi connectivity index (χ4n) is 9.83. The van der Waals surface area contributed by atoms with Gasteiger partial charge in [0.05, 0.1) is 0 Å². The van der Waals surface area contributed by atoms with Gasteiger partial charge in [-0.2, -0.15) is 0 Å². The third kappa shape index (κ3) is 9.67. The summed E-state index contributed by atoms with van der Waals surface area (Å²) < 4.78 is 32.2. The first kappa shape index (κ1) is 50.3. The van der Waals surface area contributed by atoms with Gasteiger partial charge in [0.1, 0.15) is 12.2 Å². The molecule has 0 aromatic heterocycles. The van der Waals surface area contributed by atoms with E-state index in [0.29, 0.717) is 0 Å². The molecule has 0 aliphatic carbocycles. The van der Waals surface area contributed by atoms with Crippen molar-refractivity contribution in [3.63, 3.8) is 0 Å². The van der Waals surface area contributed by atoms with E-state index < -0.39 is 37.6 Å². The second-order valence-electron chi connectivity index (χ2n) is 22.5. The van der Waals surface area contributed by atoms with Gasteiger partial charge in [0.2, 0.25) is 8.38 Å². The quantitative estimate of drug-likeness (QED) is 0.110. The van der Waals surface area contributed by atoms with Crippen molar-refractivity contribution in [2.75, 3.05) is 0 Å². The van der Waals surface area contributed by atoms with Crippen LogP contribution in [0.4, 0.5) is 0 Å². The van der Waals surface area contributed by atoms with Crippen LogP contribution in [0.15, 0.2) is 103 Å². The Labute approximate surface area is 401 Å². The van der Waals surface area contributed by atoms with Gasteiger partial charge in [-0.1, -0.05) is 202 Å². The maximum absolute atomic E-state index is 8.35. The molecule has 5 aromatic carbocycles. The summed E-state index contributed by atoms with van der Waals surface area (Å²) >= 11 is 0. The topological polar surface area (TPSA) is 36.9 Å². The van der Waals surface area contributed by atoms with Crippen molar-refractivity contribution in [3.05, 3.63) is 170 Å². The van der Waals surface area contributed by atoms with E-state index in [9.17, 15) is 0 Å². The largest absolute Gasteiger partial charge is 0.341 e. The number of hydrogen-bond donors (Lipinski definition) is 0. The Kier molecular flexibility index (Phi) is 14.8. The zero-order valence-electron chi connectivity index (χ0n) is 43.7. The van der Waals surface area contributed by atoms with E-state index in [2.05, 4.69) is 228 Å². The van der Waals surface area contributed by atoms with E-state index in [1.165, 1.54) is 44.5 Å². The van der Waals surface area contributed by atoms with Crippen molar-refractivity contribution in [1.82, 2.24) is 0 Å². The van der Waals surface area contributed by atoms with Gasteiger partial charge in [-0.3, -0.25) is 0 Å². The molecule has 66 heavy (non-hydrogen) atoms. The standard InChI is InChI=1S/C61H81O4P/c1-36(2)44-24-45(37(3)4)29-52(28-44)60(53-30-46(38(5)6)25-47(31-53)39(7)8)57-58(63-59(17,18)62-57)61(65-66(64-60)56-22-20-19-21-23-56,54-32-48(40(9)10)26-49(33-54)41(11)12)55-34-50(42(13)14)27-51(35-55)43(15)16/h19-43,57-58H,1-18H3/t57-,58-/m0/s1. The first-order valence-electron chi connectivity index (χ1n) is 25.2. The van der Waals surface area contributed by atoms with Crippen molar-refractivity contribution in [2.24, 2.45) is 0 Å². The Morgan fingerprint density at radius 1 is 0.348 bits per heavy atom. The summed E-state index contributed by atoms with van der Waals surface area (Å²) in [6.45, 7) is 41.0. The predicted octanol–water partition coefficient (Wildman–Crippen LogP) is 17.1. The minimum Gasteiger partial charge on any atom is -0.341 e. The van der Waals surface area contributed by atoms with E-state index in [-0.39, 0.29) is 47.3 Å². The lowest BCUT2D eigenvalue weighted by molar-refractivity contribution is -0.173. The highest BCUT2D eigenvalue weighted by molar-refractivity contribution is 7.56. The summed E-state index contributed by atoms with van der Waals surface area (Å²) in [5, 5.41) is 1.00. The van der Waals surface area contributed by atoms with E-state index in [1.807, 2.05) is 0 Å². The van der Waals surface area contributed by atoms with Crippen molar-refractivity contribution in [2.45, 2.75) is 201 Å². The van der Waals surface area contributed by atoms with Crippen LogP contribution in [-0.2, 0) is 29.7 Å². The minimum atomic E-state index is -1.88. The monoisotopic (exact) mass is 909 g/mol. The highest BCUT2D eigenvalue weighted by Gasteiger charge is 2.67. The van der Waals surface area contributed by atoms with Crippen LogP contribution in [-0.4, -0.2) is 18.0 Å². The molecule has 0 unspecified atom stereocenters. The molecule has 0 spiro atoms. The van der Waals surface area contributed by atoms with Gasteiger partial charge >= 0.3 is 0 Å². The highest BCUT2D eigenvalue weighted by atomic mass is 31.2. The SMILES string of the molecule is CC(C)c1cc(C(C)C)cc(C2(c3cc(C(C)C)cc(C(C)C)c3)OP(c3ccccc3)OC(c3cc(C(C)C)cc(C(C)C)c3)(c3cc(C(C)C)cc(C(C)C)c3)[C@H]3OC(C)(C)O[C@@H]32)c1. The molecule has 0 radical (unpaired) electrons. The molecule has 354 valence electrons. The second kappa shape index (κ2) is 19.4. The lowest BCUT2D eigenvalue weighted by Gasteiger charge is -2.43. The molecular weight excluding hydrogens is 828 g/mol. The molecule has 7 rings (SSSR count). The molecule has 2 aliphatic rings. The van der Waals surface area contributed by atoms with Gasteiger partial charge in [-0.05, 0) is 140 Å². The number of fused-ring (bicyclic) bond motifs is 1. The zero-order valence-corrected chi connectivity index (χ0v) is 44.6. The van der Waals surface area contributed by atoms with Crippen molar-refractivity contribution in [3.8, 4) is 0 Å². The van der Waals surface area contributed by atoms with Gasteiger partial charge in [-0.15, -0.1) is 0 Å². The molecule has 0 bridgehead atoms. The van der Waals surface area contributed by atoms with Crippen molar-refractivity contribution < 1.29 is 18.5 Å². The summed E-state index contributed by atoms with van der Waals surface area (Å²) in [5.74, 6) is 1.21. The first-order chi connectivity index (χ1) is 31.0.